The van der Waals surface area contributed by atoms with Gasteiger partial charge in [0.05, 0.1) is 6.61 Å². The number of aromatic nitrogens is 1. The van der Waals surface area contributed by atoms with Gasteiger partial charge in [0, 0.05) is 23.1 Å². The van der Waals surface area contributed by atoms with Gasteiger partial charge in [0.25, 0.3) is 0 Å². The van der Waals surface area contributed by atoms with Gasteiger partial charge in [-0.05, 0) is 36.6 Å². The van der Waals surface area contributed by atoms with Crippen molar-refractivity contribution in [1.29, 1.82) is 0 Å². The predicted molar refractivity (Wildman–Crippen MR) is 71.2 cm³/mol. The van der Waals surface area contributed by atoms with Crippen LogP contribution in [0.2, 0.25) is 0 Å². The molecular formula is C14H20N2O. The van der Waals surface area contributed by atoms with Crippen molar-refractivity contribution in [3.05, 3.63) is 30.0 Å². The Hall–Kier alpha value is -1.48. The van der Waals surface area contributed by atoms with Gasteiger partial charge in [-0.3, -0.25) is 0 Å². The maximum atomic E-state index is 6.21. The summed E-state index contributed by atoms with van der Waals surface area (Å²) >= 11 is 0. The topological polar surface area (TPSA) is 51.0 Å². The van der Waals surface area contributed by atoms with Gasteiger partial charge in [-0.1, -0.05) is 13.8 Å². The Bertz CT molecular complexity index is 502. The van der Waals surface area contributed by atoms with Crippen molar-refractivity contribution >= 4 is 10.9 Å². The van der Waals surface area contributed by atoms with Crippen molar-refractivity contribution < 1.29 is 4.74 Å². The number of hydrogen-bond acceptors (Lipinski definition) is 2. The average molecular weight is 232 g/mol. The highest BCUT2D eigenvalue weighted by Gasteiger charge is 2.15. The minimum Gasteiger partial charge on any atom is -0.494 e. The van der Waals surface area contributed by atoms with Crippen LogP contribution in [0.3, 0.4) is 0 Å². The molecule has 0 saturated carbocycles. The van der Waals surface area contributed by atoms with E-state index < -0.39 is 0 Å². The first kappa shape index (κ1) is 12.0. The molecule has 0 spiro atoms. The molecule has 0 aliphatic heterocycles. The van der Waals surface area contributed by atoms with Crippen LogP contribution in [0.15, 0.2) is 24.4 Å². The van der Waals surface area contributed by atoms with Crippen molar-refractivity contribution in [1.82, 2.24) is 4.98 Å². The minimum absolute atomic E-state index is 0.0561. The first-order chi connectivity index (χ1) is 8.13. The molecule has 3 N–H and O–H groups in total. The van der Waals surface area contributed by atoms with Crippen LogP contribution >= 0.6 is 0 Å². The average Bonchev–Trinajstić information content (AvgIpc) is 2.71. The van der Waals surface area contributed by atoms with Crippen LogP contribution in [0.25, 0.3) is 10.9 Å². The first-order valence-electron chi connectivity index (χ1n) is 6.13. The van der Waals surface area contributed by atoms with Crippen LogP contribution < -0.4 is 10.5 Å². The Balaban J connectivity index is 2.46. The number of fused-ring (bicyclic) bond motifs is 1. The van der Waals surface area contributed by atoms with E-state index in [9.17, 15) is 0 Å². The standard InChI is InChI=1S/C14H20N2O/c1-4-17-10-5-6-13-11(7-10)12(8-16-13)14(15)9(2)3/h5-9,14,16H,4,15H2,1-3H3. The number of aromatic amines is 1. The van der Waals surface area contributed by atoms with Gasteiger partial charge in [-0.2, -0.15) is 0 Å². The summed E-state index contributed by atoms with van der Waals surface area (Å²) in [5.41, 5.74) is 8.49. The Labute approximate surface area is 102 Å². The molecule has 92 valence electrons. The second kappa shape index (κ2) is 4.80. The predicted octanol–water partition coefficient (Wildman–Crippen LogP) is 3.22. The summed E-state index contributed by atoms with van der Waals surface area (Å²) in [5, 5.41) is 1.16. The van der Waals surface area contributed by atoms with Gasteiger partial charge in [0.2, 0.25) is 0 Å². The number of nitrogens with one attached hydrogen (secondary N) is 1. The summed E-state index contributed by atoms with van der Waals surface area (Å²) in [6.07, 6.45) is 2.01. The quantitative estimate of drug-likeness (QED) is 0.850. The van der Waals surface area contributed by atoms with Crippen LogP contribution in [0.5, 0.6) is 5.75 Å². The van der Waals surface area contributed by atoms with E-state index in [1.165, 1.54) is 0 Å². The van der Waals surface area contributed by atoms with E-state index in [4.69, 9.17) is 10.5 Å². The first-order valence-corrected chi connectivity index (χ1v) is 6.13. The van der Waals surface area contributed by atoms with Crippen LogP contribution in [0.1, 0.15) is 32.4 Å². The highest BCUT2D eigenvalue weighted by molar-refractivity contribution is 5.85. The molecule has 0 bridgehead atoms. The van der Waals surface area contributed by atoms with E-state index in [2.05, 4.69) is 24.9 Å². The molecule has 1 heterocycles. The van der Waals surface area contributed by atoms with Crippen molar-refractivity contribution in [2.75, 3.05) is 6.61 Å². The van der Waals surface area contributed by atoms with Gasteiger partial charge in [0.15, 0.2) is 0 Å². The summed E-state index contributed by atoms with van der Waals surface area (Å²) in [4.78, 5) is 3.26. The summed E-state index contributed by atoms with van der Waals surface area (Å²) < 4.78 is 5.52. The lowest BCUT2D eigenvalue weighted by Gasteiger charge is -2.15. The number of nitrogens with two attached hydrogens (primary N) is 1. The third kappa shape index (κ3) is 2.29. The third-order valence-electron chi connectivity index (χ3n) is 3.07. The normalized spacial score (nSPS) is 13.2. The lowest BCUT2D eigenvalue weighted by Crippen LogP contribution is -2.16. The fourth-order valence-electron chi connectivity index (χ4n) is 2.01. The van der Waals surface area contributed by atoms with E-state index in [0.717, 1.165) is 22.2 Å². The van der Waals surface area contributed by atoms with Crippen LogP contribution in [-0.4, -0.2) is 11.6 Å². The van der Waals surface area contributed by atoms with Crippen molar-refractivity contribution in [2.45, 2.75) is 26.8 Å². The number of rotatable bonds is 4. The second-order valence-corrected chi connectivity index (χ2v) is 4.65. The molecule has 0 aliphatic carbocycles. The Morgan fingerprint density at radius 1 is 1.35 bits per heavy atom. The molecule has 17 heavy (non-hydrogen) atoms. The van der Waals surface area contributed by atoms with E-state index in [0.29, 0.717) is 12.5 Å². The zero-order valence-corrected chi connectivity index (χ0v) is 10.7. The largest absolute Gasteiger partial charge is 0.494 e. The molecule has 2 aromatic rings. The van der Waals surface area contributed by atoms with Crippen molar-refractivity contribution in [3.8, 4) is 5.75 Å². The van der Waals surface area contributed by atoms with E-state index in [1.54, 1.807) is 0 Å². The van der Waals surface area contributed by atoms with Crippen molar-refractivity contribution in [2.24, 2.45) is 11.7 Å². The maximum Gasteiger partial charge on any atom is 0.120 e. The van der Waals surface area contributed by atoms with Gasteiger partial charge >= 0.3 is 0 Å². The molecule has 2 rings (SSSR count). The van der Waals surface area contributed by atoms with Gasteiger partial charge < -0.3 is 15.5 Å². The SMILES string of the molecule is CCOc1ccc2[nH]cc(C(N)C(C)C)c2c1. The molecule has 0 radical (unpaired) electrons. The maximum absolute atomic E-state index is 6.21. The smallest absolute Gasteiger partial charge is 0.120 e. The molecule has 1 atom stereocenters. The molecule has 0 amide bonds. The van der Waals surface area contributed by atoms with Crippen LogP contribution in [0.4, 0.5) is 0 Å². The summed E-state index contributed by atoms with van der Waals surface area (Å²) in [6.45, 7) is 6.94. The molecular weight excluding hydrogens is 212 g/mol. The Morgan fingerprint density at radius 3 is 2.76 bits per heavy atom. The molecule has 1 aromatic heterocycles. The molecule has 3 heteroatoms. The molecule has 0 aliphatic rings. The van der Waals surface area contributed by atoms with Gasteiger partial charge in [-0.25, -0.2) is 0 Å². The summed E-state index contributed by atoms with van der Waals surface area (Å²) in [5.74, 6) is 1.32. The van der Waals surface area contributed by atoms with Gasteiger partial charge in [-0.15, -0.1) is 0 Å². The van der Waals surface area contributed by atoms with E-state index in [1.807, 2.05) is 25.3 Å². The summed E-state index contributed by atoms with van der Waals surface area (Å²) in [7, 11) is 0. The minimum atomic E-state index is 0.0561. The fraction of sp³-hybridized carbons (Fsp3) is 0.429. The zero-order chi connectivity index (χ0) is 12.4. The van der Waals surface area contributed by atoms with E-state index >= 15 is 0 Å². The zero-order valence-electron chi connectivity index (χ0n) is 10.7. The molecule has 1 aromatic carbocycles. The second-order valence-electron chi connectivity index (χ2n) is 4.65. The molecule has 0 fully saturated rings. The summed E-state index contributed by atoms with van der Waals surface area (Å²) in [6, 6.07) is 6.14. The highest BCUT2D eigenvalue weighted by Crippen LogP contribution is 2.29. The van der Waals surface area contributed by atoms with E-state index in [-0.39, 0.29) is 6.04 Å². The highest BCUT2D eigenvalue weighted by atomic mass is 16.5. The fourth-order valence-corrected chi connectivity index (χ4v) is 2.01. The van der Waals surface area contributed by atoms with Crippen molar-refractivity contribution in [3.63, 3.8) is 0 Å². The number of hydrogen-bond donors (Lipinski definition) is 2. The Kier molecular flexibility index (Phi) is 3.38. The molecule has 3 nitrogen and oxygen atoms in total. The Morgan fingerprint density at radius 2 is 2.12 bits per heavy atom. The molecule has 0 saturated heterocycles. The number of ether oxygens (including phenoxy) is 1. The lowest BCUT2D eigenvalue weighted by atomic mass is 9.97. The monoisotopic (exact) mass is 232 g/mol. The molecule has 1 unspecified atom stereocenters. The number of H-pyrrole nitrogens is 1. The van der Waals surface area contributed by atoms with Crippen LogP contribution in [-0.2, 0) is 0 Å². The third-order valence-corrected chi connectivity index (χ3v) is 3.07. The van der Waals surface area contributed by atoms with Crippen LogP contribution in [0, 0.1) is 5.92 Å². The number of benzene rings is 1. The van der Waals surface area contributed by atoms with Gasteiger partial charge in [0.1, 0.15) is 5.75 Å². The lowest BCUT2D eigenvalue weighted by molar-refractivity contribution is 0.340.